The van der Waals surface area contributed by atoms with Gasteiger partial charge in [-0.25, -0.2) is 36.3 Å². The Morgan fingerprint density at radius 1 is 0.684 bits per heavy atom. The minimum absolute atomic E-state index is 0.0395. The molecule has 0 bridgehead atoms. The molecule has 38 heavy (non-hydrogen) atoms. The highest BCUT2D eigenvalue weighted by Gasteiger charge is 2.34. The van der Waals surface area contributed by atoms with Crippen LogP contribution in [0.4, 0.5) is 26.3 Å². The van der Waals surface area contributed by atoms with Gasteiger partial charge >= 0.3 is 0 Å². The number of nitriles is 1. The van der Waals surface area contributed by atoms with Gasteiger partial charge in [-0.3, -0.25) is 0 Å². The van der Waals surface area contributed by atoms with E-state index < -0.39 is 57.4 Å². The fourth-order valence-corrected chi connectivity index (χ4v) is 4.02. The van der Waals surface area contributed by atoms with Gasteiger partial charge in [0.1, 0.15) is 17.1 Å². The molecule has 0 spiro atoms. The molecular formula is C26H8F6N6. The number of benzene rings is 3. The van der Waals surface area contributed by atoms with Gasteiger partial charge in [0, 0.05) is 22.3 Å². The highest BCUT2D eigenvalue weighted by molar-refractivity contribution is 6.30. The Balaban J connectivity index is 1.94. The average Bonchev–Trinajstić information content (AvgIpc) is 2.91. The first-order valence-electron chi connectivity index (χ1n) is 10.5. The second kappa shape index (κ2) is 9.26. The van der Waals surface area contributed by atoms with Crippen LogP contribution < -0.4 is 0 Å². The van der Waals surface area contributed by atoms with E-state index in [0.717, 1.165) is 0 Å². The van der Waals surface area contributed by atoms with E-state index in [1.807, 2.05) is 0 Å². The Bertz CT molecular complexity index is 1640. The summed E-state index contributed by atoms with van der Waals surface area (Å²) in [5.41, 5.74) is -1.32. The van der Waals surface area contributed by atoms with Crippen LogP contribution >= 0.6 is 0 Å². The summed E-state index contributed by atoms with van der Waals surface area (Å²) < 4.78 is 84.2. The topological polar surface area (TPSA) is 78.6 Å². The molecule has 0 atom stereocenters. The quantitative estimate of drug-likeness (QED) is 0.0953. The Morgan fingerprint density at radius 2 is 1.11 bits per heavy atom. The van der Waals surface area contributed by atoms with E-state index in [0.29, 0.717) is 35.4 Å². The monoisotopic (exact) mass is 518 g/mol. The Kier molecular flexibility index (Phi) is 5.93. The average molecular weight is 518 g/mol. The van der Waals surface area contributed by atoms with Gasteiger partial charge < -0.3 is 0 Å². The summed E-state index contributed by atoms with van der Waals surface area (Å²) in [5.74, 6) is -9.90. The molecule has 4 aromatic rings. The fourth-order valence-electron chi connectivity index (χ4n) is 4.02. The van der Waals surface area contributed by atoms with Crippen LogP contribution in [0, 0.1) is 52.9 Å². The van der Waals surface area contributed by atoms with Gasteiger partial charge in [-0.2, -0.15) is 16.8 Å². The maximum Gasteiger partial charge on any atom is 0.206 e. The standard InChI is InChI=1S/C26H8F6N6/c1-34-38-24-14-5-3-2-4-13(14)23(35-10-33)25-26(24)37-22(12-8-17(29)20(32)18(30)9-12)21(36-25)11-6-15(27)19(31)16(28)7-11/h2-9H. The van der Waals surface area contributed by atoms with Crippen molar-refractivity contribution in [3.63, 3.8) is 0 Å². The number of rotatable bonds is 2. The lowest BCUT2D eigenvalue weighted by Crippen LogP contribution is -2.25. The third-order valence-corrected chi connectivity index (χ3v) is 5.61. The number of hydrogen-bond acceptors (Lipinski definition) is 5. The van der Waals surface area contributed by atoms with Gasteiger partial charge in [0.15, 0.2) is 40.6 Å². The summed E-state index contributed by atoms with van der Waals surface area (Å²) in [4.78, 5) is 15.6. The number of nitrogens with zero attached hydrogens (tertiary/aromatic N) is 6. The summed E-state index contributed by atoms with van der Waals surface area (Å²) >= 11 is 0. The summed E-state index contributed by atoms with van der Waals surface area (Å²) in [5, 5.41) is 13.1. The van der Waals surface area contributed by atoms with Crippen LogP contribution in [0.15, 0.2) is 58.6 Å². The van der Waals surface area contributed by atoms with E-state index in [1.165, 1.54) is 0 Å². The minimum atomic E-state index is -1.77. The Hall–Kier alpha value is -5.36. The molecule has 0 saturated heterocycles. The molecule has 1 aromatic heterocycles. The predicted molar refractivity (Wildman–Crippen MR) is 123 cm³/mol. The molecule has 0 N–H and O–H groups in total. The largest absolute Gasteiger partial charge is 0.241 e. The van der Waals surface area contributed by atoms with Crippen molar-refractivity contribution in [2.45, 2.75) is 0 Å². The summed E-state index contributed by atoms with van der Waals surface area (Å²) in [7, 11) is 0. The van der Waals surface area contributed by atoms with Gasteiger partial charge in [-0.15, -0.1) is 4.95 Å². The van der Waals surface area contributed by atoms with Gasteiger partial charge in [0.25, 0.3) is 0 Å². The molecule has 12 heteroatoms. The third-order valence-electron chi connectivity index (χ3n) is 5.61. The number of aromatic nitrogens is 2. The summed E-state index contributed by atoms with van der Waals surface area (Å²) in [6.07, 6.45) is 1.63. The van der Waals surface area contributed by atoms with Crippen molar-refractivity contribution < 1.29 is 26.3 Å². The van der Waals surface area contributed by atoms with Crippen LogP contribution in [0.1, 0.15) is 22.5 Å². The maximum atomic E-state index is 14.2. The summed E-state index contributed by atoms with van der Waals surface area (Å²) in [6, 6.07) is 8.69. The first kappa shape index (κ1) is 24.3. The van der Waals surface area contributed by atoms with Crippen molar-refractivity contribution in [2.24, 2.45) is 10.1 Å². The summed E-state index contributed by atoms with van der Waals surface area (Å²) in [6.45, 7) is 7.24. The van der Waals surface area contributed by atoms with E-state index in [1.54, 1.807) is 30.5 Å². The van der Waals surface area contributed by atoms with Crippen molar-refractivity contribution in [1.82, 2.24) is 9.97 Å². The zero-order chi connectivity index (χ0) is 27.1. The molecule has 184 valence electrons. The van der Waals surface area contributed by atoms with E-state index in [-0.39, 0.29) is 22.8 Å². The molecule has 5 rings (SSSR count). The molecule has 1 aliphatic carbocycles. The van der Waals surface area contributed by atoms with Crippen LogP contribution in [-0.2, 0) is 0 Å². The molecule has 0 aliphatic heterocycles. The number of fused-ring (bicyclic) bond motifs is 2. The van der Waals surface area contributed by atoms with E-state index in [4.69, 9.17) is 6.57 Å². The fraction of sp³-hybridized carbons (Fsp3) is 0. The maximum absolute atomic E-state index is 14.2. The van der Waals surface area contributed by atoms with Gasteiger partial charge in [0.05, 0.1) is 16.5 Å². The predicted octanol–water partition coefficient (Wildman–Crippen LogP) is 5.95. The zero-order valence-corrected chi connectivity index (χ0v) is 18.6. The molecule has 1 heterocycles. The van der Waals surface area contributed by atoms with Crippen molar-refractivity contribution in [2.75, 3.05) is 0 Å². The van der Waals surface area contributed by atoms with Crippen molar-refractivity contribution >= 4 is 11.4 Å². The third kappa shape index (κ3) is 3.85. The first-order chi connectivity index (χ1) is 18.2. The molecule has 1 aliphatic rings. The second-order valence-electron chi connectivity index (χ2n) is 7.78. The molecule has 6 nitrogen and oxygen atoms in total. The molecule has 0 amide bonds. The van der Waals surface area contributed by atoms with Gasteiger partial charge in [-0.1, -0.05) is 24.3 Å². The molecule has 0 saturated carbocycles. The van der Waals surface area contributed by atoms with E-state index in [2.05, 4.69) is 25.0 Å². The van der Waals surface area contributed by atoms with E-state index >= 15 is 0 Å². The Labute approximate surface area is 209 Å². The lowest BCUT2D eigenvalue weighted by atomic mass is 9.87. The lowest BCUT2D eigenvalue weighted by Gasteiger charge is -2.21. The normalized spacial score (nSPS) is 14.1. The molecule has 3 aromatic carbocycles. The number of aliphatic imine (C=N–C) groups is 1. The highest BCUT2D eigenvalue weighted by atomic mass is 19.2. The van der Waals surface area contributed by atoms with Crippen molar-refractivity contribution in [1.29, 1.82) is 5.26 Å². The Morgan fingerprint density at radius 3 is 1.53 bits per heavy atom. The van der Waals surface area contributed by atoms with Crippen LogP contribution in [0.3, 0.4) is 0 Å². The SMILES string of the molecule is [C-]#[N+]N=C1c2ccccc2C(=NC#N)c2nc(-c3cc(F)c(F)c(F)c3)c(-c3cc(F)c(F)c(F)c3)nc21. The van der Waals surface area contributed by atoms with Crippen LogP contribution in [0.2, 0.25) is 0 Å². The van der Waals surface area contributed by atoms with Crippen LogP contribution in [0.5, 0.6) is 0 Å². The molecule has 0 fully saturated rings. The zero-order valence-electron chi connectivity index (χ0n) is 18.6. The molecule has 0 radical (unpaired) electrons. The van der Waals surface area contributed by atoms with Crippen molar-refractivity contribution in [3.8, 4) is 28.7 Å². The van der Waals surface area contributed by atoms with Crippen LogP contribution in [-0.4, -0.2) is 21.4 Å². The number of halogens is 6. The van der Waals surface area contributed by atoms with Crippen molar-refractivity contribution in [3.05, 3.63) is 117 Å². The van der Waals surface area contributed by atoms with Gasteiger partial charge in [0.2, 0.25) is 6.19 Å². The molecular weight excluding hydrogens is 510 g/mol. The smallest absolute Gasteiger partial charge is 0.206 e. The molecule has 0 unspecified atom stereocenters. The minimum Gasteiger partial charge on any atom is -0.241 e. The van der Waals surface area contributed by atoms with E-state index in [9.17, 15) is 31.6 Å². The first-order valence-corrected chi connectivity index (χ1v) is 10.5. The second-order valence-corrected chi connectivity index (χ2v) is 7.78. The van der Waals surface area contributed by atoms with Crippen LogP contribution in [0.25, 0.3) is 27.5 Å². The van der Waals surface area contributed by atoms with Gasteiger partial charge in [-0.05, 0) is 24.3 Å². The lowest BCUT2D eigenvalue weighted by molar-refractivity contribution is 0.447. The highest BCUT2D eigenvalue weighted by Crippen LogP contribution is 2.36. The number of hydrogen-bond donors (Lipinski definition) is 0.